The quantitative estimate of drug-likeness (QED) is 0.510. The first-order chi connectivity index (χ1) is 4.70. The third kappa shape index (κ3) is 1.06. The Balaban J connectivity index is 2.00. The molecule has 1 spiro atoms. The zero-order chi connectivity index (χ0) is 7.19. The van der Waals surface area contributed by atoms with Gasteiger partial charge in [0.15, 0.2) is 0 Å². The number of hydrogen-bond donors (Lipinski definition) is 1. The lowest BCUT2D eigenvalue weighted by atomic mass is 9.81. The lowest BCUT2D eigenvalue weighted by molar-refractivity contribution is 0.0567. The lowest BCUT2D eigenvalue weighted by Gasteiger charge is -2.27. The minimum absolute atomic E-state index is 0.105. The van der Waals surface area contributed by atoms with Crippen LogP contribution in [0.3, 0.4) is 0 Å². The van der Waals surface area contributed by atoms with Crippen molar-refractivity contribution in [2.45, 2.75) is 37.9 Å². The van der Waals surface area contributed by atoms with E-state index in [1.807, 2.05) is 0 Å². The highest BCUT2D eigenvalue weighted by Crippen LogP contribution is 2.43. The Morgan fingerprint density at radius 3 is 2.70 bits per heavy atom. The van der Waals surface area contributed by atoms with E-state index in [0.717, 1.165) is 25.9 Å². The Morgan fingerprint density at radius 1 is 1.50 bits per heavy atom. The Morgan fingerprint density at radius 2 is 2.20 bits per heavy atom. The molecule has 3 atom stereocenters. The van der Waals surface area contributed by atoms with Crippen LogP contribution in [0.4, 0.5) is 0 Å². The van der Waals surface area contributed by atoms with Crippen LogP contribution in [-0.2, 0) is 4.74 Å². The summed E-state index contributed by atoms with van der Waals surface area (Å²) in [4.78, 5) is 0. The number of epoxide rings is 1. The average Bonchev–Trinajstić information content (AvgIpc) is 2.44. The molecule has 1 N–H and O–H groups in total. The van der Waals surface area contributed by atoms with Crippen molar-refractivity contribution in [2.24, 2.45) is 5.92 Å². The second kappa shape index (κ2) is 1.95. The Bertz CT molecular complexity index is 128. The Labute approximate surface area is 61.2 Å². The molecule has 2 heteroatoms. The maximum absolute atomic E-state index is 9.38. The second-order valence-electron chi connectivity index (χ2n) is 3.87. The number of rotatable bonds is 0. The summed E-state index contributed by atoms with van der Waals surface area (Å²) in [6.45, 7) is 3.07. The molecule has 1 heterocycles. The molecule has 2 rings (SSSR count). The van der Waals surface area contributed by atoms with Crippen LogP contribution in [0.5, 0.6) is 0 Å². The van der Waals surface area contributed by atoms with Gasteiger partial charge in [-0.2, -0.15) is 0 Å². The standard InChI is InChI=1S/C8H14O2/c1-6-2-7(9)4-8(3-6)5-10-8/h6-7,9H,2-5H2,1H3. The van der Waals surface area contributed by atoms with Crippen LogP contribution in [0.1, 0.15) is 26.2 Å². The van der Waals surface area contributed by atoms with E-state index in [9.17, 15) is 5.11 Å². The smallest absolute Gasteiger partial charge is 0.0943 e. The Hall–Kier alpha value is -0.0800. The number of hydrogen-bond acceptors (Lipinski definition) is 2. The van der Waals surface area contributed by atoms with Crippen molar-refractivity contribution in [1.82, 2.24) is 0 Å². The van der Waals surface area contributed by atoms with Gasteiger partial charge in [-0.1, -0.05) is 6.92 Å². The molecule has 0 aromatic rings. The van der Waals surface area contributed by atoms with E-state index in [4.69, 9.17) is 4.74 Å². The number of aliphatic hydroxyl groups is 1. The summed E-state index contributed by atoms with van der Waals surface area (Å²) in [6.07, 6.45) is 2.89. The SMILES string of the molecule is CC1CC(O)CC2(CO2)C1. The van der Waals surface area contributed by atoms with Crippen LogP contribution >= 0.6 is 0 Å². The molecule has 0 aromatic carbocycles. The summed E-state index contributed by atoms with van der Waals surface area (Å²) in [7, 11) is 0. The molecule has 0 bridgehead atoms. The normalized spacial score (nSPS) is 53.4. The van der Waals surface area contributed by atoms with Crippen LogP contribution in [0.15, 0.2) is 0 Å². The third-order valence-electron chi connectivity index (χ3n) is 2.56. The molecule has 2 aliphatic rings. The van der Waals surface area contributed by atoms with E-state index in [1.54, 1.807) is 0 Å². The fraction of sp³-hybridized carbons (Fsp3) is 1.00. The van der Waals surface area contributed by atoms with Crippen molar-refractivity contribution in [2.75, 3.05) is 6.61 Å². The van der Waals surface area contributed by atoms with Crippen LogP contribution < -0.4 is 0 Å². The minimum atomic E-state index is -0.105. The highest BCUT2D eigenvalue weighted by molar-refractivity contribution is 4.98. The first-order valence-corrected chi connectivity index (χ1v) is 4.02. The molecule has 0 radical (unpaired) electrons. The molecule has 2 fully saturated rings. The van der Waals surface area contributed by atoms with Gasteiger partial charge in [-0.25, -0.2) is 0 Å². The van der Waals surface area contributed by atoms with Gasteiger partial charge in [0.1, 0.15) is 0 Å². The summed E-state index contributed by atoms with van der Waals surface area (Å²) in [5, 5.41) is 9.38. The molecule has 1 aliphatic heterocycles. The van der Waals surface area contributed by atoms with Crippen molar-refractivity contribution >= 4 is 0 Å². The van der Waals surface area contributed by atoms with E-state index in [0.29, 0.717) is 5.92 Å². The highest BCUT2D eigenvalue weighted by Gasteiger charge is 2.49. The van der Waals surface area contributed by atoms with Crippen molar-refractivity contribution < 1.29 is 9.84 Å². The fourth-order valence-corrected chi connectivity index (χ4v) is 2.12. The van der Waals surface area contributed by atoms with Gasteiger partial charge in [-0.05, 0) is 18.8 Å². The van der Waals surface area contributed by atoms with Gasteiger partial charge in [-0.15, -0.1) is 0 Å². The molecule has 1 aliphatic carbocycles. The van der Waals surface area contributed by atoms with E-state index in [-0.39, 0.29) is 11.7 Å². The summed E-state index contributed by atoms with van der Waals surface area (Å²) < 4.78 is 5.32. The van der Waals surface area contributed by atoms with Crippen molar-refractivity contribution in [1.29, 1.82) is 0 Å². The third-order valence-corrected chi connectivity index (χ3v) is 2.56. The van der Waals surface area contributed by atoms with E-state index >= 15 is 0 Å². The number of ether oxygens (including phenoxy) is 1. The summed E-state index contributed by atoms with van der Waals surface area (Å²) in [6, 6.07) is 0. The van der Waals surface area contributed by atoms with E-state index < -0.39 is 0 Å². The molecular formula is C8H14O2. The molecule has 0 amide bonds. The van der Waals surface area contributed by atoms with Gasteiger partial charge < -0.3 is 9.84 Å². The van der Waals surface area contributed by atoms with Crippen LogP contribution in [-0.4, -0.2) is 23.4 Å². The van der Waals surface area contributed by atoms with Crippen LogP contribution in [0.2, 0.25) is 0 Å². The monoisotopic (exact) mass is 142 g/mol. The minimum Gasteiger partial charge on any atom is -0.393 e. The van der Waals surface area contributed by atoms with E-state index in [2.05, 4.69) is 6.92 Å². The lowest BCUT2D eigenvalue weighted by Crippen LogP contribution is -2.30. The molecule has 10 heavy (non-hydrogen) atoms. The van der Waals surface area contributed by atoms with Gasteiger partial charge in [-0.3, -0.25) is 0 Å². The van der Waals surface area contributed by atoms with Gasteiger partial charge in [0.25, 0.3) is 0 Å². The number of aliphatic hydroxyl groups excluding tert-OH is 1. The van der Waals surface area contributed by atoms with Gasteiger partial charge in [0.2, 0.25) is 0 Å². The predicted molar refractivity (Wildman–Crippen MR) is 37.7 cm³/mol. The highest BCUT2D eigenvalue weighted by atomic mass is 16.6. The maximum atomic E-state index is 9.38. The first kappa shape index (κ1) is 6.62. The second-order valence-corrected chi connectivity index (χ2v) is 3.87. The summed E-state index contributed by atoms with van der Waals surface area (Å²) >= 11 is 0. The molecule has 2 nitrogen and oxygen atoms in total. The summed E-state index contributed by atoms with van der Waals surface area (Å²) in [5.41, 5.74) is 0.122. The van der Waals surface area contributed by atoms with Crippen molar-refractivity contribution in [3.05, 3.63) is 0 Å². The van der Waals surface area contributed by atoms with Crippen LogP contribution in [0, 0.1) is 5.92 Å². The van der Waals surface area contributed by atoms with Crippen molar-refractivity contribution in [3.63, 3.8) is 0 Å². The maximum Gasteiger partial charge on any atom is 0.0943 e. The Kier molecular flexibility index (Phi) is 1.29. The molecule has 0 aromatic heterocycles. The van der Waals surface area contributed by atoms with Crippen LogP contribution in [0.25, 0.3) is 0 Å². The average molecular weight is 142 g/mol. The van der Waals surface area contributed by atoms with Gasteiger partial charge in [0, 0.05) is 6.42 Å². The summed E-state index contributed by atoms with van der Waals surface area (Å²) in [5.74, 6) is 0.645. The topological polar surface area (TPSA) is 32.8 Å². The van der Waals surface area contributed by atoms with Crippen molar-refractivity contribution in [3.8, 4) is 0 Å². The fourth-order valence-electron chi connectivity index (χ4n) is 2.12. The zero-order valence-electron chi connectivity index (χ0n) is 6.34. The molecule has 3 unspecified atom stereocenters. The zero-order valence-corrected chi connectivity index (χ0v) is 6.34. The van der Waals surface area contributed by atoms with E-state index in [1.165, 1.54) is 0 Å². The molecular weight excluding hydrogens is 128 g/mol. The molecule has 1 saturated heterocycles. The predicted octanol–water partition coefficient (Wildman–Crippen LogP) is 0.936. The first-order valence-electron chi connectivity index (χ1n) is 4.02. The molecule has 1 saturated carbocycles. The largest absolute Gasteiger partial charge is 0.393 e. The molecule has 58 valence electrons. The van der Waals surface area contributed by atoms with Gasteiger partial charge >= 0.3 is 0 Å². The van der Waals surface area contributed by atoms with Gasteiger partial charge in [0.05, 0.1) is 18.3 Å².